The lowest BCUT2D eigenvalue weighted by Crippen LogP contribution is -2.59. The Morgan fingerprint density at radius 1 is 0.958 bits per heavy atom. The zero-order valence-electron chi connectivity index (χ0n) is 14.8. The molecule has 5 nitrogen and oxygen atoms in total. The third-order valence-electron chi connectivity index (χ3n) is 4.13. The quantitative estimate of drug-likeness (QED) is 0.678. The minimum absolute atomic E-state index is 0.0957. The average molecular weight is 356 g/mol. The molecule has 0 N–H and O–H groups in total. The minimum Gasteiger partial charge on any atom is -0.376 e. The molecule has 24 heavy (non-hydrogen) atoms. The molecule has 0 saturated carbocycles. The predicted molar refractivity (Wildman–Crippen MR) is 95.3 cm³/mol. The number of ether oxygens (including phenoxy) is 5. The largest absolute Gasteiger partial charge is 0.376 e. The maximum absolute atomic E-state index is 6.21. The molecule has 6 heteroatoms. The van der Waals surface area contributed by atoms with Crippen molar-refractivity contribution in [1.82, 2.24) is 0 Å². The first-order valence-corrected chi connectivity index (χ1v) is 9.27. The Labute approximate surface area is 148 Å². The van der Waals surface area contributed by atoms with Gasteiger partial charge >= 0.3 is 0 Å². The van der Waals surface area contributed by atoms with E-state index in [-0.39, 0.29) is 29.9 Å². The Balaban J connectivity index is 2.00. The molecule has 136 valence electrons. The molecule has 0 aliphatic carbocycles. The van der Waals surface area contributed by atoms with Gasteiger partial charge in [-0.1, -0.05) is 37.3 Å². The number of thioether (sulfide) groups is 1. The van der Waals surface area contributed by atoms with Gasteiger partial charge < -0.3 is 23.7 Å². The summed E-state index contributed by atoms with van der Waals surface area (Å²) in [4.78, 5) is 0. The summed E-state index contributed by atoms with van der Waals surface area (Å²) in [6, 6.07) is 10.1. The van der Waals surface area contributed by atoms with Gasteiger partial charge in [0.25, 0.3) is 0 Å². The van der Waals surface area contributed by atoms with E-state index in [1.54, 1.807) is 33.1 Å². The van der Waals surface area contributed by atoms with E-state index < -0.39 is 0 Å². The third kappa shape index (κ3) is 4.94. The molecule has 1 saturated heterocycles. The van der Waals surface area contributed by atoms with Crippen molar-refractivity contribution >= 4 is 11.8 Å². The SMILES string of the molecule is CCS[C@@H]1O[C@H](COCc2ccccc2)[C@@H](OC)[C@H](OC)[C@H]1OC. The molecule has 1 aromatic rings. The molecule has 1 aliphatic rings. The summed E-state index contributed by atoms with van der Waals surface area (Å²) < 4.78 is 29.0. The van der Waals surface area contributed by atoms with Gasteiger partial charge in [0.15, 0.2) is 0 Å². The number of hydrogen-bond acceptors (Lipinski definition) is 6. The fraction of sp³-hybridized carbons (Fsp3) is 0.667. The maximum atomic E-state index is 6.21. The van der Waals surface area contributed by atoms with Crippen molar-refractivity contribution in [2.75, 3.05) is 33.7 Å². The predicted octanol–water partition coefficient (Wildman–Crippen LogP) is 2.73. The molecule has 2 rings (SSSR count). The van der Waals surface area contributed by atoms with Crippen LogP contribution in [0.25, 0.3) is 0 Å². The zero-order valence-corrected chi connectivity index (χ0v) is 15.7. The maximum Gasteiger partial charge on any atom is 0.132 e. The topological polar surface area (TPSA) is 46.2 Å². The van der Waals surface area contributed by atoms with Gasteiger partial charge in [-0.15, -0.1) is 11.8 Å². The Bertz CT molecular complexity index is 458. The highest BCUT2D eigenvalue weighted by Gasteiger charge is 2.47. The van der Waals surface area contributed by atoms with Crippen LogP contribution in [0.2, 0.25) is 0 Å². The summed E-state index contributed by atoms with van der Waals surface area (Å²) in [6.45, 7) is 3.10. The smallest absolute Gasteiger partial charge is 0.132 e. The average Bonchev–Trinajstić information content (AvgIpc) is 2.62. The number of hydrogen-bond donors (Lipinski definition) is 0. The van der Waals surface area contributed by atoms with Crippen LogP contribution in [0.5, 0.6) is 0 Å². The molecule has 0 radical (unpaired) electrons. The molecule has 1 fully saturated rings. The lowest BCUT2D eigenvalue weighted by molar-refractivity contribution is -0.231. The number of benzene rings is 1. The van der Waals surface area contributed by atoms with Crippen molar-refractivity contribution in [2.45, 2.75) is 43.4 Å². The van der Waals surface area contributed by atoms with Crippen molar-refractivity contribution in [3.05, 3.63) is 35.9 Å². The molecule has 0 spiro atoms. The van der Waals surface area contributed by atoms with Crippen LogP contribution in [0.3, 0.4) is 0 Å². The van der Waals surface area contributed by atoms with E-state index in [0.29, 0.717) is 13.2 Å². The van der Waals surface area contributed by atoms with Crippen molar-refractivity contribution < 1.29 is 23.7 Å². The fourth-order valence-corrected chi connectivity index (χ4v) is 3.99. The molecule has 0 aromatic heterocycles. The van der Waals surface area contributed by atoms with Crippen LogP contribution in [0.15, 0.2) is 30.3 Å². The summed E-state index contributed by atoms with van der Waals surface area (Å²) in [5.41, 5.74) is 1.04. The molecule has 1 aromatic carbocycles. The molecule has 5 atom stereocenters. The van der Waals surface area contributed by atoms with Gasteiger partial charge in [-0.3, -0.25) is 0 Å². The monoisotopic (exact) mass is 356 g/mol. The van der Waals surface area contributed by atoms with Gasteiger partial charge in [-0.2, -0.15) is 0 Å². The van der Waals surface area contributed by atoms with Crippen LogP contribution in [0.4, 0.5) is 0 Å². The number of rotatable bonds is 9. The second-order valence-electron chi connectivity index (χ2n) is 5.60. The van der Waals surface area contributed by atoms with Gasteiger partial charge in [0, 0.05) is 21.3 Å². The normalized spacial score (nSPS) is 30.4. The minimum atomic E-state index is -0.232. The van der Waals surface area contributed by atoms with E-state index in [1.165, 1.54) is 0 Å². The van der Waals surface area contributed by atoms with Gasteiger partial charge in [0.2, 0.25) is 0 Å². The first-order valence-electron chi connectivity index (χ1n) is 8.22. The Hall–Kier alpha value is -0.630. The Kier molecular flexibility index (Phi) is 8.52. The van der Waals surface area contributed by atoms with Crippen LogP contribution in [-0.2, 0) is 30.3 Å². The molecule has 0 bridgehead atoms. The van der Waals surface area contributed by atoms with E-state index in [9.17, 15) is 0 Å². The molecule has 1 aliphatic heterocycles. The van der Waals surface area contributed by atoms with E-state index in [4.69, 9.17) is 23.7 Å². The van der Waals surface area contributed by atoms with Crippen LogP contribution >= 0.6 is 11.8 Å². The summed E-state index contributed by atoms with van der Waals surface area (Å²) in [6.07, 6.45) is -0.790. The summed E-state index contributed by atoms with van der Waals surface area (Å²) >= 11 is 1.71. The standard InChI is InChI=1S/C18H28O5S/c1-5-24-18-17(21-4)16(20-3)15(19-2)14(23-18)12-22-11-13-9-7-6-8-10-13/h6-10,14-18H,5,11-12H2,1-4H3/t14-,15-,16+,17-,18+/m1/s1. The van der Waals surface area contributed by atoms with Gasteiger partial charge in [-0.05, 0) is 11.3 Å². The van der Waals surface area contributed by atoms with Crippen LogP contribution in [0, 0.1) is 0 Å². The number of methoxy groups -OCH3 is 3. The molecule has 1 heterocycles. The second kappa shape index (κ2) is 10.4. The van der Waals surface area contributed by atoms with Gasteiger partial charge in [-0.25, -0.2) is 0 Å². The van der Waals surface area contributed by atoms with Gasteiger partial charge in [0.1, 0.15) is 29.9 Å². The summed E-state index contributed by atoms with van der Waals surface area (Å²) in [7, 11) is 5.04. The summed E-state index contributed by atoms with van der Waals surface area (Å²) in [5, 5.41) is 0. The van der Waals surface area contributed by atoms with E-state index in [2.05, 4.69) is 6.92 Å². The summed E-state index contributed by atoms with van der Waals surface area (Å²) in [5.74, 6) is 0.941. The zero-order chi connectivity index (χ0) is 17.4. The van der Waals surface area contributed by atoms with Gasteiger partial charge in [0.05, 0.1) is 13.2 Å². The third-order valence-corrected chi connectivity index (χ3v) is 5.17. The highest BCUT2D eigenvalue weighted by Crippen LogP contribution is 2.32. The van der Waals surface area contributed by atoms with Crippen LogP contribution < -0.4 is 0 Å². The molecule has 0 unspecified atom stereocenters. The van der Waals surface area contributed by atoms with Crippen molar-refractivity contribution in [2.24, 2.45) is 0 Å². The Morgan fingerprint density at radius 3 is 2.21 bits per heavy atom. The first kappa shape index (κ1) is 19.7. The van der Waals surface area contributed by atoms with Crippen LogP contribution in [-0.4, -0.2) is 63.5 Å². The second-order valence-corrected chi connectivity index (χ2v) is 6.98. The lowest BCUT2D eigenvalue weighted by Gasteiger charge is -2.44. The molecular weight excluding hydrogens is 328 g/mol. The van der Waals surface area contributed by atoms with E-state index >= 15 is 0 Å². The van der Waals surface area contributed by atoms with E-state index in [1.807, 2.05) is 30.3 Å². The molecule has 0 amide bonds. The highest BCUT2D eigenvalue weighted by atomic mass is 32.2. The van der Waals surface area contributed by atoms with Crippen molar-refractivity contribution in [3.63, 3.8) is 0 Å². The van der Waals surface area contributed by atoms with Crippen LogP contribution in [0.1, 0.15) is 12.5 Å². The van der Waals surface area contributed by atoms with Crippen molar-refractivity contribution in [1.29, 1.82) is 0 Å². The van der Waals surface area contributed by atoms with E-state index in [0.717, 1.165) is 11.3 Å². The lowest BCUT2D eigenvalue weighted by atomic mass is 9.99. The Morgan fingerprint density at radius 2 is 1.62 bits per heavy atom. The highest BCUT2D eigenvalue weighted by molar-refractivity contribution is 7.99. The fourth-order valence-electron chi connectivity index (χ4n) is 2.98. The van der Waals surface area contributed by atoms with Crippen molar-refractivity contribution in [3.8, 4) is 0 Å². The first-order chi connectivity index (χ1) is 11.7. The molecular formula is C18H28O5S.